The Morgan fingerprint density at radius 1 is 1.47 bits per heavy atom. The number of aromatic nitrogens is 1. The van der Waals surface area contributed by atoms with E-state index in [-0.39, 0.29) is 18.8 Å². The highest BCUT2D eigenvalue weighted by molar-refractivity contribution is 5.85. The molecule has 1 saturated carbocycles. The van der Waals surface area contributed by atoms with Crippen molar-refractivity contribution in [3.63, 3.8) is 0 Å². The average molecular weight is 228 g/mol. The molecule has 0 aliphatic heterocycles. The molecule has 4 heteroatoms. The Kier molecular flexibility index (Phi) is 4.09. The van der Waals surface area contributed by atoms with E-state index in [1.54, 1.807) is 0 Å². The number of halogens is 1. The average Bonchev–Trinajstić information content (AvgIpc) is 2.04. The lowest BCUT2D eigenvalue weighted by molar-refractivity contribution is -0.136. The molecular weight excluding hydrogens is 214 g/mol. The number of carboxylic acid groups (broad SMARTS) is 1. The molecule has 0 spiro atoms. The molecule has 3 nitrogen and oxygen atoms in total. The Morgan fingerprint density at radius 2 is 2.20 bits per heavy atom. The normalized spacial score (nSPS) is 15.2. The maximum Gasteiger partial charge on any atom is 0.309 e. The van der Waals surface area contributed by atoms with Gasteiger partial charge in [0.1, 0.15) is 0 Å². The molecule has 1 aliphatic carbocycles. The first-order valence-electron chi connectivity index (χ1n) is 4.92. The Bertz CT molecular complexity index is 333. The Balaban J connectivity index is 0.00000112. The minimum atomic E-state index is -0.825. The van der Waals surface area contributed by atoms with Crippen LogP contribution in [-0.2, 0) is 11.2 Å². The van der Waals surface area contributed by atoms with E-state index in [4.69, 9.17) is 5.11 Å². The van der Waals surface area contributed by atoms with Crippen molar-refractivity contribution in [3.05, 3.63) is 29.6 Å². The van der Waals surface area contributed by atoms with Crippen molar-refractivity contribution in [1.29, 1.82) is 0 Å². The van der Waals surface area contributed by atoms with Crippen molar-refractivity contribution >= 4 is 18.4 Å². The van der Waals surface area contributed by atoms with E-state index in [2.05, 4.69) is 4.98 Å². The number of hydrogen-bond acceptors (Lipinski definition) is 2. The summed E-state index contributed by atoms with van der Waals surface area (Å²) in [6.07, 6.45) is 5.65. The first-order chi connectivity index (χ1) is 6.75. The van der Waals surface area contributed by atoms with Crippen LogP contribution in [-0.4, -0.2) is 16.1 Å². The second kappa shape index (κ2) is 5.12. The van der Waals surface area contributed by atoms with Gasteiger partial charge in [-0.3, -0.25) is 9.78 Å². The van der Waals surface area contributed by atoms with E-state index in [1.165, 1.54) is 24.8 Å². The lowest BCUT2D eigenvalue weighted by Crippen LogP contribution is -2.09. The van der Waals surface area contributed by atoms with Crippen LogP contribution >= 0.6 is 12.4 Å². The number of nitrogens with zero attached hydrogens (tertiary/aromatic N) is 1. The first kappa shape index (κ1) is 12.0. The summed E-state index contributed by atoms with van der Waals surface area (Å²) in [5.41, 5.74) is 1.89. The maximum atomic E-state index is 10.4. The zero-order chi connectivity index (χ0) is 9.97. The van der Waals surface area contributed by atoms with Gasteiger partial charge in [-0.1, -0.05) is 12.5 Å². The van der Waals surface area contributed by atoms with Gasteiger partial charge in [0.05, 0.1) is 12.1 Å². The highest BCUT2D eigenvalue weighted by Gasteiger charge is 2.19. The number of aliphatic carboxylic acids is 1. The molecule has 0 bridgehead atoms. The predicted molar refractivity (Wildman–Crippen MR) is 59.4 cm³/mol. The lowest BCUT2D eigenvalue weighted by atomic mass is 9.81. The summed E-state index contributed by atoms with van der Waals surface area (Å²) in [6.45, 7) is 0. The van der Waals surface area contributed by atoms with Crippen LogP contribution < -0.4 is 0 Å². The largest absolute Gasteiger partial charge is 0.481 e. The Hall–Kier alpha value is -1.09. The minimum absolute atomic E-state index is 0. The van der Waals surface area contributed by atoms with Crippen LogP contribution in [0.25, 0.3) is 0 Å². The van der Waals surface area contributed by atoms with E-state index in [0.717, 1.165) is 0 Å². The fourth-order valence-electron chi connectivity index (χ4n) is 1.68. The van der Waals surface area contributed by atoms with E-state index in [0.29, 0.717) is 11.6 Å². The molecule has 0 amide bonds. The van der Waals surface area contributed by atoms with E-state index in [9.17, 15) is 4.79 Å². The van der Waals surface area contributed by atoms with Crippen molar-refractivity contribution in [2.45, 2.75) is 31.6 Å². The van der Waals surface area contributed by atoms with Gasteiger partial charge in [-0.15, -0.1) is 12.4 Å². The Morgan fingerprint density at radius 3 is 2.60 bits per heavy atom. The molecule has 0 atom stereocenters. The van der Waals surface area contributed by atoms with Gasteiger partial charge >= 0.3 is 5.97 Å². The third-order valence-electron chi connectivity index (χ3n) is 2.76. The topological polar surface area (TPSA) is 50.2 Å². The van der Waals surface area contributed by atoms with Crippen LogP contribution in [0, 0.1) is 0 Å². The standard InChI is InChI=1S/C11H13NO2.ClH/c13-11(14)6-10-5-4-9(7-12-10)8-2-1-3-8;/h4-5,7-8H,1-3,6H2,(H,13,14);1H. The summed E-state index contributed by atoms with van der Waals surface area (Å²) in [5.74, 6) is -0.157. The lowest BCUT2D eigenvalue weighted by Gasteiger charge is -2.25. The van der Waals surface area contributed by atoms with E-state index >= 15 is 0 Å². The number of rotatable bonds is 3. The molecule has 0 radical (unpaired) electrons. The van der Waals surface area contributed by atoms with Gasteiger partial charge in [-0.2, -0.15) is 0 Å². The SMILES string of the molecule is Cl.O=C(O)Cc1ccc(C2CCC2)cn1. The molecule has 1 aromatic heterocycles. The van der Waals surface area contributed by atoms with Gasteiger partial charge in [-0.25, -0.2) is 0 Å². The number of hydrogen-bond donors (Lipinski definition) is 1. The summed E-state index contributed by atoms with van der Waals surface area (Å²) < 4.78 is 0. The minimum Gasteiger partial charge on any atom is -0.481 e. The number of carbonyl (C=O) groups is 1. The highest BCUT2D eigenvalue weighted by Crippen LogP contribution is 2.35. The van der Waals surface area contributed by atoms with Crippen LogP contribution in [0.2, 0.25) is 0 Å². The quantitative estimate of drug-likeness (QED) is 0.863. The highest BCUT2D eigenvalue weighted by atomic mass is 35.5. The molecule has 1 aromatic rings. The van der Waals surface area contributed by atoms with Gasteiger partial charge in [0.2, 0.25) is 0 Å². The van der Waals surface area contributed by atoms with Gasteiger partial charge in [0, 0.05) is 6.20 Å². The molecule has 1 fully saturated rings. The number of pyridine rings is 1. The van der Waals surface area contributed by atoms with Crippen LogP contribution in [0.1, 0.15) is 36.4 Å². The second-order valence-corrected chi connectivity index (χ2v) is 3.78. The van der Waals surface area contributed by atoms with E-state index < -0.39 is 5.97 Å². The summed E-state index contributed by atoms with van der Waals surface area (Å²) in [7, 11) is 0. The molecule has 0 saturated heterocycles. The third kappa shape index (κ3) is 2.93. The van der Waals surface area contributed by atoms with Crippen molar-refractivity contribution in [2.24, 2.45) is 0 Å². The van der Waals surface area contributed by atoms with Gasteiger partial charge < -0.3 is 5.11 Å². The third-order valence-corrected chi connectivity index (χ3v) is 2.76. The second-order valence-electron chi connectivity index (χ2n) is 3.78. The first-order valence-corrected chi connectivity index (χ1v) is 4.92. The molecule has 82 valence electrons. The summed E-state index contributed by atoms with van der Waals surface area (Å²) in [5, 5.41) is 8.56. The summed E-state index contributed by atoms with van der Waals surface area (Å²) in [6, 6.07) is 3.83. The molecule has 2 rings (SSSR count). The fraction of sp³-hybridized carbons (Fsp3) is 0.455. The monoisotopic (exact) mass is 227 g/mol. The molecular formula is C11H14ClNO2. The van der Waals surface area contributed by atoms with Crippen molar-refractivity contribution < 1.29 is 9.90 Å². The molecule has 0 aromatic carbocycles. The van der Waals surface area contributed by atoms with Crippen molar-refractivity contribution in [3.8, 4) is 0 Å². The maximum absolute atomic E-state index is 10.4. The number of carboxylic acids is 1. The van der Waals surface area contributed by atoms with Gasteiger partial charge in [-0.05, 0) is 30.4 Å². The fourth-order valence-corrected chi connectivity index (χ4v) is 1.68. The van der Waals surface area contributed by atoms with Gasteiger partial charge in [0.15, 0.2) is 0 Å². The zero-order valence-electron chi connectivity index (χ0n) is 8.35. The van der Waals surface area contributed by atoms with Gasteiger partial charge in [0.25, 0.3) is 0 Å². The molecule has 1 N–H and O–H groups in total. The summed E-state index contributed by atoms with van der Waals surface area (Å²) in [4.78, 5) is 14.6. The molecule has 15 heavy (non-hydrogen) atoms. The van der Waals surface area contributed by atoms with Crippen LogP contribution in [0.4, 0.5) is 0 Å². The molecule has 0 unspecified atom stereocenters. The molecule has 1 aliphatic rings. The Labute approximate surface area is 94.9 Å². The van der Waals surface area contributed by atoms with Crippen molar-refractivity contribution in [1.82, 2.24) is 4.98 Å². The van der Waals surface area contributed by atoms with Crippen molar-refractivity contribution in [2.75, 3.05) is 0 Å². The molecule has 1 heterocycles. The van der Waals surface area contributed by atoms with E-state index in [1.807, 2.05) is 18.3 Å². The van der Waals surface area contributed by atoms with Crippen LogP contribution in [0.5, 0.6) is 0 Å². The zero-order valence-corrected chi connectivity index (χ0v) is 9.17. The van der Waals surface area contributed by atoms with Crippen LogP contribution in [0.3, 0.4) is 0 Å². The smallest absolute Gasteiger partial charge is 0.309 e. The summed E-state index contributed by atoms with van der Waals surface area (Å²) >= 11 is 0. The van der Waals surface area contributed by atoms with Crippen LogP contribution in [0.15, 0.2) is 18.3 Å². The predicted octanol–water partition coefficient (Wildman–Crippen LogP) is 2.40.